The molecule has 0 radical (unpaired) electrons. The molecule has 1 unspecified atom stereocenters. The molecule has 2 rings (SSSR count). The van der Waals surface area contributed by atoms with Crippen molar-refractivity contribution in [2.75, 3.05) is 33.3 Å². The third-order valence-corrected chi connectivity index (χ3v) is 3.29. The van der Waals surface area contributed by atoms with Crippen LogP contribution in [0.4, 0.5) is 0 Å². The smallest absolute Gasteiger partial charge is 0.0826 e. The van der Waals surface area contributed by atoms with Crippen LogP contribution in [-0.2, 0) is 4.74 Å². The van der Waals surface area contributed by atoms with Gasteiger partial charge < -0.3 is 15.0 Å². The zero-order valence-corrected chi connectivity index (χ0v) is 10.7. The van der Waals surface area contributed by atoms with Crippen molar-refractivity contribution in [3.05, 3.63) is 35.9 Å². The van der Waals surface area contributed by atoms with Gasteiger partial charge >= 0.3 is 0 Å². The summed E-state index contributed by atoms with van der Waals surface area (Å²) in [6, 6.07) is 10.9. The Kier molecular flexibility index (Phi) is 4.54. The van der Waals surface area contributed by atoms with Crippen LogP contribution in [0.5, 0.6) is 0 Å². The zero-order valence-electron chi connectivity index (χ0n) is 10.7. The van der Waals surface area contributed by atoms with Crippen LogP contribution in [0.1, 0.15) is 18.5 Å². The number of morpholine rings is 1. The number of nitrogens with one attached hydrogen (secondary N) is 1. The quantitative estimate of drug-likeness (QED) is 0.857. The molecule has 1 aromatic carbocycles. The molecular formula is C14H22N2O. The third-order valence-electron chi connectivity index (χ3n) is 3.29. The summed E-state index contributed by atoms with van der Waals surface area (Å²) in [5.74, 6) is 0. The van der Waals surface area contributed by atoms with E-state index in [2.05, 4.69) is 54.5 Å². The molecule has 0 aromatic heterocycles. The van der Waals surface area contributed by atoms with Gasteiger partial charge in [0.15, 0.2) is 0 Å². The molecule has 0 aliphatic carbocycles. The number of hydrogen-bond donors (Lipinski definition) is 1. The van der Waals surface area contributed by atoms with Crippen LogP contribution in [0.2, 0.25) is 0 Å². The van der Waals surface area contributed by atoms with Gasteiger partial charge in [0, 0.05) is 25.7 Å². The van der Waals surface area contributed by atoms with E-state index in [9.17, 15) is 0 Å². The van der Waals surface area contributed by atoms with Crippen molar-refractivity contribution in [3.8, 4) is 0 Å². The summed E-state index contributed by atoms with van der Waals surface area (Å²) < 4.78 is 5.73. The molecule has 1 aliphatic rings. The topological polar surface area (TPSA) is 24.5 Å². The van der Waals surface area contributed by atoms with E-state index in [4.69, 9.17) is 4.74 Å². The lowest BCUT2D eigenvalue weighted by atomic mass is 10.1. The molecule has 1 aliphatic heterocycles. The maximum absolute atomic E-state index is 5.73. The highest BCUT2D eigenvalue weighted by Crippen LogP contribution is 2.11. The minimum Gasteiger partial charge on any atom is -0.374 e. The Morgan fingerprint density at radius 3 is 2.88 bits per heavy atom. The van der Waals surface area contributed by atoms with Gasteiger partial charge in [-0.3, -0.25) is 0 Å². The van der Waals surface area contributed by atoms with E-state index >= 15 is 0 Å². The first-order valence-corrected chi connectivity index (χ1v) is 6.34. The Morgan fingerprint density at radius 2 is 2.18 bits per heavy atom. The van der Waals surface area contributed by atoms with E-state index in [1.165, 1.54) is 5.56 Å². The maximum Gasteiger partial charge on any atom is 0.0826 e. The molecule has 0 spiro atoms. The summed E-state index contributed by atoms with van der Waals surface area (Å²) >= 11 is 0. The van der Waals surface area contributed by atoms with Crippen LogP contribution in [0.3, 0.4) is 0 Å². The van der Waals surface area contributed by atoms with Crippen LogP contribution in [-0.4, -0.2) is 44.3 Å². The van der Waals surface area contributed by atoms with E-state index in [0.29, 0.717) is 12.1 Å². The monoisotopic (exact) mass is 234 g/mol. The molecule has 3 heteroatoms. The van der Waals surface area contributed by atoms with Gasteiger partial charge in [0.25, 0.3) is 0 Å². The van der Waals surface area contributed by atoms with Crippen molar-refractivity contribution < 1.29 is 4.74 Å². The highest BCUT2D eigenvalue weighted by molar-refractivity contribution is 5.17. The molecule has 0 bridgehead atoms. The van der Waals surface area contributed by atoms with Crippen LogP contribution in [0.25, 0.3) is 0 Å². The van der Waals surface area contributed by atoms with Gasteiger partial charge in [-0.15, -0.1) is 0 Å². The summed E-state index contributed by atoms with van der Waals surface area (Å²) in [6.45, 7) is 6.03. The van der Waals surface area contributed by atoms with Crippen molar-refractivity contribution in [1.82, 2.24) is 10.2 Å². The van der Waals surface area contributed by atoms with Crippen LogP contribution in [0, 0.1) is 0 Å². The Hall–Kier alpha value is -0.900. The fourth-order valence-electron chi connectivity index (χ4n) is 2.16. The molecule has 1 N–H and O–H groups in total. The van der Waals surface area contributed by atoms with Crippen LogP contribution in [0.15, 0.2) is 30.3 Å². The molecule has 3 nitrogen and oxygen atoms in total. The summed E-state index contributed by atoms with van der Waals surface area (Å²) in [5.41, 5.74) is 1.33. The van der Waals surface area contributed by atoms with Gasteiger partial charge in [-0.05, 0) is 19.5 Å². The van der Waals surface area contributed by atoms with Gasteiger partial charge in [0.05, 0.1) is 12.7 Å². The number of rotatable bonds is 4. The number of benzene rings is 1. The first-order chi connectivity index (χ1) is 8.25. The molecule has 0 amide bonds. The van der Waals surface area contributed by atoms with Crippen LogP contribution >= 0.6 is 0 Å². The highest BCUT2D eigenvalue weighted by atomic mass is 16.5. The van der Waals surface area contributed by atoms with Gasteiger partial charge in [0.1, 0.15) is 0 Å². The van der Waals surface area contributed by atoms with E-state index < -0.39 is 0 Å². The third kappa shape index (κ3) is 3.80. The fourth-order valence-corrected chi connectivity index (χ4v) is 2.16. The second-order valence-corrected chi connectivity index (χ2v) is 4.80. The van der Waals surface area contributed by atoms with Crippen molar-refractivity contribution >= 4 is 0 Å². The number of likely N-dealkylation sites (N-methyl/N-ethyl adjacent to an activating group) is 1. The minimum atomic E-state index is 0.319. The van der Waals surface area contributed by atoms with E-state index in [-0.39, 0.29) is 0 Å². The molecule has 1 aromatic rings. The number of ether oxygens (including phenoxy) is 1. The highest BCUT2D eigenvalue weighted by Gasteiger charge is 2.18. The largest absolute Gasteiger partial charge is 0.374 e. The second kappa shape index (κ2) is 6.15. The number of nitrogens with zero attached hydrogens (tertiary/aromatic N) is 1. The van der Waals surface area contributed by atoms with E-state index in [1.807, 2.05) is 0 Å². The normalized spacial score (nSPS) is 23.5. The molecular weight excluding hydrogens is 212 g/mol. The van der Waals surface area contributed by atoms with Gasteiger partial charge in [-0.25, -0.2) is 0 Å². The molecule has 1 heterocycles. The SMILES string of the molecule is C[C@@H](NCC1CN(C)CCO1)c1ccccc1. The fraction of sp³-hybridized carbons (Fsp3) is 0.571. The summed E-state index contributed by atoms with van der Waals surface area (Å²) in [7, 11) is 2.15. The standard InChI is InChI=1S/C14H22N2O/c1-12(13-6-4-3-5-7-13)15-10-14-11-16(2)8-9-17-14/h3-7,12,14-15H,8-11H2,1-2H3/t12-,14?/m1/s1. The Morgan fingerprint density at radius 1 is 1.41 bits per heavy atom. The van der Waals surface area contributed by atoms with Crippen molar-refractivity contribution in [3.63, 3.8) is 0 Å². The Labute approximate surface area is 104 Å². The predicted octanol–water partition coefficient (Wildman–Crippen LogP) is 1.67. The first-order valence-electron chi connectivity index (χ1n) is 6.34. The van der Waals surface area contributed by atoms with Crippen molar-refractivity contribution in [1.29, 1.82) is 0 Å². The number of hydrogen-bond acceptors (Lipinski definition) is 3. The molecule has 0 saturated carbocycles. The summed E-state index contributed by atoms with van der Waals surface area (Å²) in [4.78, 5) is 2.32. The maximum atomic E-state index is 5.73. The lowest BCUT2D eigenvalue weighted by molar-refractivity contribution is -0.0190. The molecule has 2 atom stereocenters. The Balaban J connectivity index is 1.78. The van der Waals surface area contributed by atoms with Gasteiger partial charge in [0.2, 0.25) is 0 Å². The van der Waals surface area contributed by atoms with Crippen molar-refractivity contribution in [2.24, 2.45) is 0 Å². The molecule has 94 valence electrons. The summed E-state index contributed by atoms with van der Waals surface area (Å²) in [5, 5.41) is 3.54. The lowest BCUT2D eigenvalue weighted by Crippen LogP contribution is -2.45. The second-order valence-electron chi connectivity index (χ2n) is 4.80. The van der Waals surface area contributed by atoms with E-state index in [1.54, 1.807) is 0 Å². The minimum absolute atomic E-state index is 0.319. The average molecular weight is 234 g/mol. The molecule has 17 heavy (non-hydrogen) atoms. The zero-order chi connectivity index (χ0) is 12.1. The predicted molar refractivity (Wildman–Crippen MR) is 70.1 cm³/mol. The molecule has 1 fully saturated rings. The average Bonchev–Trinajstić information content (AvgIpc) is 2.37. The molecule has 1 saturated heterocycles. The summed E-state index contributed by atoms with van der Waals surface area (Å²) in [6.07, 6.45) is 0.319. The Bertz CT molecular complexity index is 328. The van der Waals surface area contributed by atoms with E-state index in [0.717, 1.165) is 26.2 Å². The first kappa shape index (κ1) is 12.6. The van der Waals surface area contributed by atoms with Gasteiger partial charge in [-0.1, -0.05) is 30.3 Å². The van der Waals surface area contributed by atoms with Crippen molar-refractivity contribution in [2.45, 2.75) is 19.1 Å². The van der Waals surface area contributed by atoms with Gasteiger partial charge in [-0.2, -0.15) is 0 Å². The van der Waals surface area contributed by atoms with Crippen LogP contribution < -0.4 is 5.32 Å². The lowest BCUT2D eigenvalue weighted by Gasteiger charge is -2.31.